The molecule has 4 nitrogen and oxygen atoms in total. The predicted octanol–water partition coefficient (Wildman–Crippen LogP) is 1.74. The van der Waals surface area contributed by atoms with Crippen LogP contribution in [0.3, 0.4) is 0 Å². The topological polar surface area (TPSA) is 43.4 Å². The van der Waals surface area contributed by atoms with Crippen LogP contribution in [0.15, 0.2) is 18.3 Å². The molecule has 0 radical (unpaired) electrons. The van der Waals surface area contributed by atoms with Crippen LogP contribution in [-0.2, 0) is 4.74 Å². The number of rotatable bonds is 7. The zero-order valence-corrected chi connectivity index (χ0v) is 10.3. The van der Waals surface area contributed by atoms with Gasteiger partial charge in [0.2, 0.25) is 5.88 Å². The minimum atomic E-state index is 0.326. The molecular weight excluding hydrogens is 228 g/mol. The Kier molecular flexibility index (Phi) is 6.15. The van der Waals surface area contributed by atoms with E-state index in [2.05, 4.69) is 17.2 Å². The second-order valence-electron chi connectivity index (χ2n) is 3.47. The van der Waals surface area contributed by atoms with Gasteiger partial charge in [-0.15, -0.1) is 0 Å². The van der Waals surface area contributed by atoms with Gasteiger partial charge < -0.3 is 14.8 Å². The number of hydrogen-bond acceptors (Lipinski definition) is 4. The molecule has 0 aromatic carbocycles. The fraction of sp³-hybridized carbons (Fsp3) is 0.545. The van der Waals surface area contributed by atoms with Gasteiger partial charge in [-0.25, -0.2) is 4.98 Å². The molecule has 1 rings (SSSR count). The van der Waals surface area contributed by atoms with E-state index in [1.165, 1.54) is 0 Å². The normalized spacial score (nSPS) is 12.4. The Bertz CT molecular complexity index is 293. The van der Waals surface area contributed by atoms with E-state index in [4.69, 9.17) is 21.1 Å². The summed E-state index contributed by atoms with van der Waals surface area (Å²) < 4.78 is 10.4. The monoisotopic (exact) mass is 244 g/mol. The highest BCUT2D eigenvalue weighted by Crippen LogP contribution is 2.10. The highest BCUT2D eigenvalue weighted by molar-refractivity contribution is 6.30. The van der Waals surface area contributed by atoms with E-state index in [0.29, 0.717) is 30.2 Å². The summed E-state index contributed by atoms with van der Waals surface area (Å²) in [5, 5.41) is 3.87. The van der Waals surface area contributed by atoms with Crippen LogP contribution in [0.25, 0.3) is 0 Å². The zero-order valence-electron chi connectivity index (χ0n) is 9.57. The summed E-state index contributed by atoms with van der Waals surface area (Å²) in [6.07, 6.45) is 1.57. The molecule has 16 heavy (non-hydrogen) atoms. The maximum absolute atomic E-state index is 5.71. The predicted molar refractivity (Wildman–Crippen MR) is 64.1 cm³/mol. The molecule has 0 saturated heterocycles. The van der Waals surface area contributed by atoms with E-state index >= 15 is 0 Å². The summed E-state index contributed by atoms with van der Waals surface area (Å²) in [5.74, 6) is 0.589. The lowest BCUT2D eigenvalue weighted by Crippen LogP contribution is -2.33. The molecule has 0 aliphatic heterocycles. The SMILES string of the molecule is COCC(C)NCCOc1ccc(Cl)cn1. The van der Waals surface area contributed by atoms with E-state index in [-0.39, 0.29) is 0 Å². The first-order chi connectivity index (χ1) is 7.72. The van der Waals surface area contributed by atoms with Gasteiger partial charge in [-0.2, -0.15) is 0 Å². The number of pyridine rings is 1. The largest absolute Gasteiger partial charge is 0.476 e. The van der Waals surface area contributed by atoms with Crippen molar-refractivity contribution in [2.75, 3.05) is 26.9 Å². The maximum atomic E-state index is 5.71. The zero-order chi connectivity index (χ0) is 11.8. The van der Waals surface area contributed by atoms with E-state index in [1.54, 1.807) is 25.4 Å². The molecule has 0 amide bonds. The average molecular weight is 245 g/mol. The van der Waals surface area contributed by atoms with Crippen molar-refractivity contribution in [1.82, 2.24) is 10.3 Å². The lowest BCUT2D eigenvalue weighted by Gasteiger charge is -2.12. The molecule has 1 aromatic heterocycles. The van der Waals surface area contributed by atoms with Gasteiger partial charge in [0, 0.05) is 32.0 Å². The highest BCUT2D eigenvalue weighted by Gasteiger charge is 1.99. The van der Waals surface area contributed by atoms with Gasteiger partial charge in [0.15, 0.2) is 0 Å². The maximum Gasteiger partial charge on any atom is 0.213 e. The summed E-state index contributed by atoms with van der Waals surface area (Å²) >= 11 is 5.71. The number of halogens is 1. The summed E-state index contributed by atoms with van der Waals surface area (Å²) in [7, 11) is 1.69. The first-order valence-electron chi connectivity index (χ1n) is 5.19. The number of methoxy groups -OCH3 is 1. The van der Waals surface area contributed by atoms with Crippen LogP contribution in [0, 0.1) is 0 Å². The number of ether oxygens (including phenoxy) is 2. The van der Waals surface area contributed by atoms with Gasteiger partial charge in [-0.3, -0.25) is 0 Å². The molecule has 0 bridgehead atoms. The second-order valence-corrected chi connectivity index (χ2v) is 3.91. The quantitative estimate of drug-likeness (QED) is 0.742. The van der Waals surface area contributed by atoms with Crippen LogP contribution < -0.4 is 10.1 Å². The summed E-state index contributed by atoms with van der Waals surface area (Å²) in [5.41, 5.74) is 0. The highest BCUT2D eigenvalue weighted by atomic mass is 35.5. The van der Waals surface area contributed by atoms with Crippen molar-refractivity contribution >= 4 is 11.6 Å². The Labute approximate surface area is 101 Å². The van der Waals surface area contributed by atoms with Gasteiger partial charge in [-0.05, 0) is 13.0 Å². The fourth-order valence-electron chi connectivity index (χ4n) is 1.22. The molecule has 0 spiro atoms. The molecule has 0 saturated carbocycles. The van der Waals surface area contributed by atoms with E-state index in [9.17, 15) is 0 Å². The standard InChI is InChI=1S/C11H17ClN2O2/c1-9(8-15-2)13-5-6-16-11-4-3-10(12)7-14-11/h3-4,7,9,13H,5-6,8H2,1-2H3. The average Bonchev–Trinajstić information content (AvgIpc) is 2.27. The van der Waals surface area contributed by atoms with Gasteiger partial charge in [0.05, 0.1) is 11.6 Å². The summed E-state index contributed by atoms with van der Waals surface area (Å²) in [4.78, 5) is 4.02. The molecule has 1 heterocycles. The lowest BCUT2D eigenvalue weighted by atomic mass is 10.3. The molecule has 1 aromatic rings. The Balaban J connectivity index is 2.13. The fourth-order valence-corrected chi connectivity index (χ4v) is 1.33. The van der Waals surface area contributed by atoms with Crippen molar-refractivity contribution in [1.29, 1.82) is 0 Å². The summed E-state index contributed by atoms with van der Waals surface area (Å²) in [6.45, 7) is 4.08. The Morgan fingerprint density at radius 2 is 2.31 bits per heavy atom. The van der Waals surface area contributed by atoms with Crippen LogP contribution in [0.5, 0.6) is 5.88 Å². The van der Waals surface area contributed by atoms with E-state index in [1.807, 2.05) is 0 Å². The lowest BCUT2D eigenvalue weighted by molar-refractivity contribution is 0.168. The van der Waals surface area contributed by atoms with Crippen LogP contribution in [0.2, 0.25) is 5.02 Å². The van der Waals surface area contributed by atoms with Crippen molar-refractivity contribution in [2.24, 2.45) is 0 Å². The van der Waals surface area contributed by atoms with Crippen molar-refractivity contribution < 1.29 is 9.47 Å². The van der Waals surface area contributed by atoms with Gasteiger partial charge in [-0.1, -0.05) is 11.6 Å². The smallest absolute Gasteiger partial charge is 0.213 e. The van der Waals surface area contributed by atoms with Crippen molar-refractivity contribution in [3.8, 4) is 5.88 Å². The van der Waals surface area contributed by atoms with Crippen LogP contribution >= 0.6 is 11.6 Å². The Morgan fingerprint density at radius 3 is 2.94 bits per heavy atom. The van der Waals surface area contributed by atoms with E-state index < -0.39 is 0 Å². The third-order valence-electron chi connectivity index (χ3n) is 1.96. The van der Waals surface area contributed by atoms with Gasteiger partial charge >= 0.3 is 0 Å². The van der Waals surface area contributed by atoms with E-state index in [0.717, 1.165) is 6.54 Å². The number of aromatic nitrogens is 1. The molecule has 1 unspecified atom stereocenters. The molecule has 0 aliphatic rings. The minimum absolute atomic E-state index is 0.326. The van der Waals surface area contributed by atoms with Crippen molar-refractivity contribution in [3.05, 3.63) is 23.4 Å². The van der Waals surface area contributed by atoms with Crippen LogP contribution in [0.1, 0.15) is 6.92 Å². The van der Waals surface area contributed by atoms with Crippen LogP contribution in [-0.4, -0.2) is 37.9 Å². The minimum Gasteiger partial charge on any atom is -0.476 e. The Hall–Kier alpha value is -0.840. The van der Waals surface area contributed by atoms with Gasteiger partial charge in [0.25, 0.3) is 0 Å². The van der Waals surface area contributed by atoms with Gasteiger partial charge in [0.1, 0.15) is 6.61 Å². The second kappa shape index (κ2) is 7.44. The molecule has 90 valence electrons. The number of nitrogens with zero attached hydrogens (tertiary/aromatic N) is 1. The van der Waals surface area contributed by atoms with Crippen molar-refractivity contribution in [2.45, 2.75) is 13.0 Å². The molecule has 1 N–H and O–H groups in total. The number of nitrogens with one attached hydrogen (secondary N) is 1. The third-order valence-corrected chi connectivity index (χ3v) is 2.19. The summed E-state index contributed by atoms with van der Waals surface area (Å²) in [6, 6.07) is 3.83. The molecular formula is C11H17ClN2O2. The molecule has 1 atom stereocenters. The van der Waals surface area contributed by atoms with Crippen molar-refractivity contribution in [3.63, 3.8) is 0 Å². The first-order valence-corrected chi connectivity index (χ1v) is 5.57. The Morgan fingerprint density at radius 1 is 1.50 bits per heavy atom. The molecule has 5 heteroatoms. The first kappa shape index (κ1) is 13.2. The number of hydrogen-bond donors (Lipinski definition) is 1. The van der Waals surface area contributed by atoms with Crippen LogP contribution in [0.4, 0.5) is 0 Å². The molecule has 0 aliphatic carbocycles. The molecule has 0 fully saturated rings. The third kappa shape index (κ3) is 5.30.